The summed E-state index contributed by atoms with van der Waals surface area (Å²) in [6.45, 7) is 0.657. The van der Waals surface area contributed by atoms with Gasteiger partial charge in [0.15, 0.2) is 0 Å². The average molecular weight is 282 g/mol. The van der Waals surface area contributed by atoms with Crippen molar-refractivity contribution in [3.05, 3.63) is 28.8 Å². The molecule has 3 unspecified atom stereocenters. The summed E-state index contributed by atoms with van der Waals surface area (Å²) in [5.41, 5.74) is 7.27. The minimum absolute atomic E-state index is 0.0564. The molecule has 104 valence electrons. The van der Waals surface area contributed by atoms with Crippen molar-refractivity contribution < 1.29 is 9.47 Å². The molecule has 2 aliphatic heterocycles. The molecule has 3 atom stereocenters. The zero-order valence-corrected chi connectivity index (χ0v) is 12.0. The van der Waals surface area contributed by atoms with Crippen LogP contribution in [0.5, 0.6) is 5.75 Å². The first-order valence-corrected chi connectivity index (χ1v) is 7.22. The predicted molar refractivity (Wildman–Crippen MR) is 75.7 cm³/mol. The summed E-state index contributed by atoms with van der Waals surface area (Å²) in [6, 6.07) is 5.77. The summed E-state index contributed by atoms with van der Waals surface area (Å²) in [6.07, 6.45) is 4.95. The molecular weight excluding hydrogens is 262 g/mol. The summed E-state index contributed by atoms with van der Waals surface area (Å²) in [5, 5.41) is 0.743. The first-order chi connectivity index (χ1) is 9.16. The van der Waals surface area contributed by atoms with Crippen LogP contribution in [0, 0.1) is 5.41 Å². The van der Waals surface area contributed by atoms with Gasteiger partial charge in [-0.25, -0.2) is 0 Å². The Kier molecular flexibility index (Phi) is 3.46. The second kappa shape index (κ2) is 4.97. The monoisotopic (exact) mass is 281 g/mol. The molecule has 19 heavy (non-hydrogen) atoms. The van der Waals surface area contributed by atoms with Crippen molar-refractivity contribution in [2.45, 2.75) is 37.9 Å². The first kappa shape index (κ1) is 13.2. The Labute approximate surface area is 119 Å². The molecule has 2 saturated heterocycles. The highest BCUT2D eigenvalue weighted by Crippen LogP contribution is 2.49. The number of ether oxygens (including phenoxy) is 2. The van der Waals surface area contributed by atoms with Crippen LogP contribution >= 0.6 is 11.6 Å². The molecule has 2 N–H and O–H groups in total. The Morgan fingerprint density at radius 3 is 2.89 bits per heavy atom. The Morgan fingerprint density at radius 2 is 2.32 bits per heavy atom. The van der Waals surface area contributed by atoms with E-state index in [1.54, 1.807) is 7.11 Å². The SMILES string of the molecule is COc1ccc(Cl)cc1CC1(CN)CC2CCC1O2. The van der Waals surface area contributed by atoms with Gasteiger partial charge in [0.2, 0.25) is 0 Å². The fourth-order valence-electron chi connectivity index (χ4n) is 3.63. The van der Waals surface area contributed by atoms with E-state index >= 15 is 0 Å². The summed E-state index contributed by atoms with van der Waals surface area (Å²) >= 11 is 6.11. The molecule has 4 heteroatoms. The second-order valence-electron chi connectivity index (χ2n) is 5.73. The highest BCUT2D eigenvalue weighted by Gasteiger charge is 2.51. The van der Waals surface area contributed by atoms with E-state index in [-0.39, 0.29) is 5.41 Å². The molecule has 3 rings (SSSR count). The summed E-state index contributed by atoms with van der Waals surface area (Å²) < 4.78 is 11.4. The topological polar surface area (TPSA) is 44.5 Å². The van der Waals surface area contributed by atoms with Gasteiger partial charge < -0.3 is 15.2 Å². The first-order valence-electron chi connectivity index (χ1n) is 6.85. The van der Waals surface area contributed by atoms with Gasteiger partial charge in [-0.15, -0.1) is 0 Å². The number of hydrogen-bond acceptors (Lipinski definition) is 3. The normalized spacial score (nSPS) is 32.8. The van der Waals surface area contributed by atoms with Crippen LogP contribution in [-0.2, 0) is 11.2 Å². The maximum atomic E-state index is 6.11. The van der Waals surface area contributed by atoms with Crippen LogP contribution in [0.1, 0.15) is 24.8 Å². The number of benzene rings is 1. The van der Waals surface area contributed by atoms with Crippen LogP contribution in [0.2, 0.25) is 5.02 Å². The molecule has 2 bridgehead atoms. The van der Waals surface area contributed by atoms with Gasteiger partial charge in [-0.1, -0.05) is 11.6 Å². The van der Waals surface area contributed by atoms with Crippen LogP contribution < -0.4 is 10.5 Å². The van der Waals surface area contributed by atoms with E-state index in [1.165, 1.54) is 6.42 Å². The molecule has 0 aliphatic carbocycles. The Balaban J connectivity index is 1.89. The summed E-state index contributed by atoms with van der Waals surface area (Å²) in [5.74, 6) is 0.889. The number of methoxy groups -OCH3 is 1. The molecule has 2 heterocycles. The molecule has 2 fully saturated rings. The zero-order valence-electron chi connectivity index (χ0n) is 11.2. The molecule has 0 spiro atoms. The maximum Gasteiger partial charge on any atom is 0.122 e. The Hall–Kier alpha value is -0.770. The number of rotatable bonds is 4. The van der Waals surface area contributed by atoms with Crippen LogP contribution in [0.15, 0.2) is 18.2 Å². The van der Waals surface area contributed by atoms with Crippen molar-refractivity contribution >= 4 is 11.6 Å². The smallest absolute Gasteiger partial charge is 0.122 e. The third-order valence-corrected chi connectivity index (χ3v) is 4.85. The summed E-state index contributed by atoms with van der Waals surface area (Å²) in [4.78, 5) is 0. The quantitative estimate of drug-likeness (QED) is 0.923. The van der Waals surface area contributed by atoms with Gasteiger partial charge in [0.05, 0.1) is 19.3 Å². The van der Waals surface area contributed by atoms with Crippen LogP contribution in [0.25, 0.3) is 0 Å². The van der Waals surface area contributed by atoms with E-state index in [9.17, 15) is 0 Å². The standard InChI is InChI=1S/C15H20ClNO2/c1-18-13-4-2-11(16)6-10(13)7-15(9-17)8-12-3-5-14(15)19-12/h2,4,6,12,14H,3,5,7-9,17H2,1H3. The average Bonchev–Trinajstić information content (AvgIpc) is 3.00. The lowest BCUT2D eigenvalue weighted by molar-refractivity contribution is 0.0634. The van der Waals surface area contributed by atoms with Crippen molar-refractivity contribution in [1.82, 2.24) is 0 Å². The summed E-state index contributed by atoms with van der Waals surface area (Å²) in [7, 11) is 1.69. The highest BCUT2D eigenvalue weighted by molar-refractivity contribution is 6.30. The molecule has 1 aromatic carbocycles. The molecule has 1 aromatic rings. The molecule has 0 saturated carbocycles. The lowest BCUT2D eigenvalue weighted by atomic mass is 9.70. The fourth-order valence-corrected chi connectivity index (χ4v) is 3.82. The third kappa shape index (κ3) is 2.24. The molecule has 3 nitrogen and oxygen atoms in total. The number of fused-ring (bicyclic) bond motifs is 2. The van der Waals surface area contributed by atoms with Crippen LogP contribution in [0.3, 0.4) is 0 Å². The van der Waals surface area contributed by atoms with Crippen molar-refractivity contribution in [2.24, 2.45) is 11.1 Å². The van der Waals surface area contributed by atoms with Gasteiger partial charge in [-0.2, -0.15) is 0 Å². The molecule has 0 aromatic heterocycles. The Morgan fingerprint density at radius 1 is 1.47 bits per heavy atom. The zero-order chi connectivity index (χ0) is 13.5. The van der Waals surface area contributed by atoms with Gasteiger partial charge in [-0.05, 0) is 49.4 Å². The Bertz CT molecular complexity index is 479. The van der Waals surface area contributed by atoms with E-state index in [0.29, 0.717) is 18.8 Å². The molecule has 0 amide bonds. The molecule has 0 radical (unpaired) electrons. The van der Waals surface area contributed by atoms with Gasteiger partial charge in [-0.3, -0.25) is 0 Å². The van der Waals surface area contributed by atoms with E-state index in [1.807, 2.05) is 18.2 Å². The van der Waals surface area contributed by atoms with Crippen molar-refractivity contribution in [3.8, 4) is 5.75 Å². The van der Waals surface area contributed by atoms with Crippen molar-refractivity contribution in [1.29, 1.82) is 0 Å². The van der Waals surface area contributed by atoms with Crippen LogP contribution in [-0.4, -0.2) is 25.9 Å². The van der Waals surface area contributed by atoms with E-state index in [4.69, 9.17) is 26.8 Å². The highest BCUT2D eigenvalue weighted by atomic mass is 35.5. The molecular formula is C15H20ClNO2. The number of nitrogens with two attached hydrogens (primary N) is 1. The lowest BCUT2D eigenvalue weighted by Gasteiger charge is -2.34. The van der Waals surface area contributed by atoms with Gasteiger partial charge >= 0.3 is 0 Å². The van der Waals surface area contributed by atoms with E-state index in [2.05, 4.69) is 0 Å². The van der Waals surface area contributed by atoms with E-state index in [0.717, 1.165) is 35.6 Å². The number of hydrogen-bond donors (Lipinski definition) is 1. The third-order valence-electron chi connectivity index (χ3n) is 4.62. The largest absolute Gasteiger partial charge is 0.496 e. The minimum Gasteiger partial charge on any atom is -0.496 e. The lowest BCUT2D eigenvalue weighted by Crippen LogP contribution is -2.41. The van der Waals surface area contributed by atoms with Gasteiger partial charge in [0, 0.05) is 17.0 Å². The van der Waals surface area contributed by atoms with Crippen molar-refractivity contribution in [3.63, 3.8) is 0 Å². The fraction of sp³-hybridized carbons (Fsp3) is 0.600. The van der Waals surface area contributed by atoms with Gasteiger partial charge in [0.25, 0.3) is 0 Å². The number of halogens is 1. The van der Waals surface area contributed by atoms with Crippen LogP contribution in [0.4, 0.5) is 0 Å². The van der Waals surface area contributed by atoms with Crippen molar-refractivity contribution in [2.75, 3.05) is 13.7 Å². The predicted octanol–water partition coefficient (Wildman–Crippen LogP) is 2.79. The van der Waals surface area contributed by atoms with E-state index < -0.39 is 0 Å². The molecule has 2 aliphatic rings. The minimum atomic E-state index is 0.0564. The van der Waals surface area contributed by atoms with Gasteiger partial charge in [0.1, 0.15) is 5.75 Å². The second-order valence-corrected chi connectivity index (χ2v) is 6.16. The maximum absolute atomic E-state index is 6.11.